The summed E-state index contributed by atoms with van der Waals surface area (Å²) in [5.74, 6) is -0.0698. The molecule has 25 heavy (non-hydrogen) atoms. The summed E-state index contributed by atoms with van der Waals surface area (Å²) in [7, 11) is 0. The topological polar surface area (TPSA) is 57.6 Å². The third kappa shape index (κ3) is 4.05. The summed E-state index contributed by atoms with van der Waals surface area (Å²) in [4.78, 5) is 26.9. The number of amides is 1. The Morgan fingerprint density at radius 3 is 2.36 bits per heavy atom. The molecule has 1 N–H and O–H groups in total. The molecule has 1 amide bonds. The molecule has 2 aromatic carbocycles. The highest BCUT2D eigenvalue weighted by molar-refractivity contribution is 9.10. The largest absolute Gasteiger partial charge is 0.508 e. The van der Waals surface area contributed by atoms with Crippen LogP contribution in [0.5, 0.6) is 5.75 Å². The van der Waals surface area contributed by atoms with Gasteiger partial charge in [0.25, 0.3) is 5.91 Å². The van der Waals surface area contributed by atoms with E-state index in [2.05, 4.69) is 15.9 Å². The van der Waals surface area contributed by atoms with Crippen molar-refractivity contribution in [3.8, 4) is 5.75 Å². The molecule has 1 saturated heterocycles. The highest BCUT2D eigenvalue weighted by atomic mass is 79.9. The fourth-order valence-electron chi connectivity index (χ4n) is 3.04. The second-order valence-corrected chi connectivity index (χ2v) is 7.39. The van der Waals surface area contributed by atoms with Crippen LogP contribution in [0.4, 0.5) is 0 Å². The first-order valence-electron chi connectivity index (χ1n) is 8.03. The number of likely N-dealkylation sites (tertiary alicyclic amines) is 1. The maximum atomic E-state index is 12.6. The van der Waals surface area contributed by atoms with Gasteiger partial charge in [-0.1, -0.05) is 11.6 Å². The van der Waals surface area contributed by atoms with Crippen LogP contribution in [0.2, 0.25) is 5.02 Å². The number of aromatic hydroxyl groups is 1. The number of carbonyl (C=O) groups is 2. The van der Waals surface area contributed by atoms with E-state index in [1.165, 1.54) is 12.1 Å². The van der Waals surface area contributed by atoms with Gasteiger partial charge in [0.2, 0.25) is 0 Å². The number of phenols is 1. The summed E-state index contributed by atoms with van der Waals surface area (Å²) in [6.07, 6.45) is 1.26. The van der Waals surface area contributed by atoms with Crippen molar-refractivity contribution >= 4 is 39.2 Å². The van der Waals surface area contributed by atoms with Gasteiger partial charge in [0.15, 0.2) is 5.78 Å². The molecule has 0 aliphatic carbocycles. The molecule has 1 aliphatic rings. The first-order chi connectivity index (χ1) is 12.0. The summed E-state index contributed by atoms with van der Waals surface area (Å²) in [5, 5.41) is 10.2. The normalized spacial score (nSPS) is 15.2. The van der Waals surface area contributed by atoms with E-state index in [1.54, 1.807) is 35.2 Å². The summed E-state index contributed by atoms with van der Waals surface area (Å²) in [6, 6.07) is 11.5. The molecule has 0 aromatic heterocycles. The molecule has 0 unspecified atom stereocenters. The van der Waals surface area contributed by atoms with Crippen molar-refractivity contribution in [1.82, 2.24) is 4.90 Å². The van der Waals surface area contributed by atoms with Crippen molar-refractivity contribution < 1.29 is 14.7 Å². The van der Waals surface area contributed by atoms with Crippen LogP contribution in [0.25, 0.3) is 0 Å². The van der Waals surface area contributed by atoms with Crippen LogP contribution in [-0.2, 0) is 0 Å². The van der Waals surface area contributed by atoms with Gasteiger partial charge in [-0.3, -0.25) is 9.59 Å². The number of piperidine rings is 1. The molecule has 1 heterocycles. The van der Waals surface area contributed by atoms with Crippen LogP contribution in [0.15, 0.2) is 46.9 Å². The molecule has 0 saturated carbocycles. The van der Waals surface area contributed by atoms with E-state index >= 15 is 0 Å². The number of halogens is 2. The SMILES string of the molecule is O=C(c1ccc(Cl)cc1)C1CCN(C(=O)c2cc(O)ccc2Br)CC1. The van der Waals surface area contributed by atoms with Gasteiger partial charge >= 0.3 is 0 Å². The lowest BCUT2D eigenvalue weighted by molar-refractivity contribution is 0.0649. The Bertz CT molecular complexity index is 799. The molecule has 6 heteroatoms. The number of Topliss-reactive ketones (excluding diaryl/α,β-unsaturated/α-hetero) is 1. The van der Waals surface area contributed by atoms with Gasteiger partial charge in [-0.2, -0.15) is 0 Å². The smallest absolute Gasteiger partial charge is 0.255 e. The Morgan fingerprint density at radius 1 is 1.08 bits per heavy atom. The predicted octanol–water partition coefficient (Wildman–Crippen LogP) is 4.54. The molecule has 2 aromatic rings. The van der Waals surface area contributed by atoms with Crippen LogP contribution in [-0.4, -0.2) is 34.8 Å². The van der Waals surface area contributed by atoms with Crippen LogP contribution >= 0.6 is 27.5 Å². The number of nitrogens with zero attached hydrogens (tertiary/aromatic N) is 1. The first-order valence-corrected chi connectivity index (χ1v) is 9.20. The molecule has 0 bridgehead atoms. The van der Waals surface area contributed by atoms with E-state index in [9.17, 15) is 14.7 Å². The summed E-state index contributed by atoms with van der Waals surface area (Å²) < 4.78 is 0.648. The van der Waals surface area contributed by atoms with Gasteiger partial charge in [0, 0.05) is 34.1 Å². The van der Waals surface area contributed by atoms with E-state index in [0.717, 1.165) is 0 Å². The van der Waals surface area contributed by atoms with Gasteiger partial charge in [-0.15, -0.1) is 0 Å². The lowest BCUT2D eigenvalue weighted by atomic mass is 9.88. The van der Waals surface area contributed by atoms with Crippen molar-refractivity contribution in [3.05, 3.63) is 63.1 Å². The summed E-state index contributed by atoms with van der Waals surface area (Å²) in [5.41, 5.74) is 1.09. The molecule has 0 atom stereocenters. The zero-order valence-electron chi connectivity index (χ0n) is 13.4. The van der Waals surface area contributed by atoms with E-state index in [4.69, 9.17) is 11.6 Å². The molecular formula is C19H17BrClNO3. The quantitative estimate of drug-likeness (QED) is 0.739. The van der Waals surface area contributed by atoms with E-state index in [1.807, 2.05) is 0 Å². The molecule has 0 spiro atoms. The molecule has 0 radical (unpaired) electrons. The lowest BCUT2D eigenvalue weighted by Crippen LogP contribution is -2.40. The average Bonchev–Trinajstić information content (AvgIpc) is 2.63. The van der Waals surface area contributed by atoms with Crippen molar-refractivity contribution in [2.45, 2.75) is 12.8 Å². The molecule has 1 fully saturated rings. The van der Waals surface area contributed by atoms with E-state index in [0.29, 0.717) is 46.6 Å². The highest BCUT2D eigenvalue weighted by Gasteiger charge is 2.29. The second kappa shape index (κ2) is 7.58. The minimum absolute atomic E-state index is 0.0550. The molecule has 1 aliphatic heterocycles. The third-order valence-corrected chi connectivity index (χ3v) is 5.41. The minimum atomic E-state index is -0.139. The van der Waals surface area contributed by atoms with Crippen molar-refractivity contribution in [2.75, 3.05) is 13.1 Å². The Labute approximate surface area is 159 Å². The fraction of sp³-hybridized carbons (Fsp3) is 0.263. The summed E-state index contributed by atoms with van der Waals surface area (Å²) in [6.45, 7) is 1.04. The Balaban J connectivity index is 1.65. The number of carbonyl (C=O) groups excluding carboxylic acids is 2. The van der Waals surface area contributed by atoms with Crippen LogP contribution in [0.3, 0.4) is 0 Å². The Morgan fingerprint density at radius 2 is 1.72 bits per heavy atom. The fourth-order valence-corrected chi connectivity index (χ4v) is 3.58. The molecule has 130 valence electrons. The third-order valence-electron chi connectivity index (χ3n) is 4.46. The number of phenolic OH excluding ortho intramolecular Hbond substituents is 1. The maximum absolute atomic E-state index is 12.6. The van der Waals surface area contributed by atoms with Gasteiger partial charge in [-0.05, 0) is 71.2 Å². The number of benzene rings is 2. The van der Waals surface area contributed by atoms with Crippen molar-refractivity contribution in [2.24, 2.45) is 5.92 Å². The van der Waals surface area contributed by atoms with Crippen LogP contribution in [0, 0.1) is 5.92 Å². The number of rotatable bonds is 3. The number of hydrogen-bond donors (Lipinski definition) is 1. The van der Waals surface area contributed by atoms with Gasteiger partial charge in [0.1, 0.15) is 5.75 Å². The van der Waals surface area contributed by atoms with Gasteiger partial charge in [-0.25, -0.2) is 0 Å². The maximum Gasteiger partial charge on any atom is 0.255 e. The van der Waals surface area contributed by atoms with Crippen LogP contribution < -0.4 is 0 Å². The standard InChI is InChI=1S/C19H17BrClNO3/c20-17-6-5-15(23)11-16(17)19(25)22-9-7-13(8-10-22)18(24)12-1-3-14(21)4-2-12/h1-6,11,13,23H,7-10H2. The Hall–Kier alpha value is -1.85. The monoisotopic (exact) mass is 421 g/mol. The predicted molar refractivity (Wildman–Crippen MR) is 100 cm³/mol. The van der Waals surface area contributed by atoms with E-state index < -0.39 is 0 Å². The second-order valence-electron chi connectivity index (χ2n) is 6.10. The minimum Gasteiger partial charge on any atom is -0.508 e. The van der Waals surface area contributed by atoms with Crippen molar-refractivity contribution in [1.29, 1.82) is 0 Å². The molecule has 3 rings (SSSR count). The molecule has 4 nitrogen and oxygen atoms in total. The average molecular weight is 423 g/mol. The highest BCUT2D eigenvalue weighted by Crippen LogP contribution is 2.27. The summed E-state index contributed by atoms with van der Waals surface area (Å²) >= 11 is 9.21. The molecular weight excluding hydrogens is 406 g/mol. The van der Waals surface area contributed by atoms with Crippen molar-refractivity contribution in [3.63, 3.8) is 0 Å². The number of hydrogen-bond acceptors (Lipinski definition) is 3. The zero-order valence-corrected chi connectivity index (χ0v) is 15.8. The first kappa shape index (κ1) is 18.0. The van der Waals surface area contributed by atoms with Crippen LogP contribution in [0.1, 0.15) is 33.6 Å². The van der Waals surface area contributed by atoms with Gasteiger partial charge in [0.05, 0.1) is 5.56 Å². The zero-order chi connectivity index (χ0) is 18.0. The Kier molecular flexibility index (Phi) is 5.45. The van der Waals surface area contributed by atoms with E-state index in [-0.39, 0.29) is 23.4 Å². The number of ketones is 1. The van der Waals surface area contributed by atoms with Gasteiger partial charge < -0.3 is 10.0 Å². The lowest BCUT2D eigenvalue weighted by Gasteiger charge is -2.31.